The van der Waals surface area contributed by atoms with Crippen LogP contribution in [-0.2, 0) is 20.9 Å². The van der Waals surface area contributed by atoms with Crippen LogP contribution in [0.25, 0.3) is 0 Å². The molecule has 1 saturated heterocycles. The van der Waals surface area contributed by atoms with Crippen LogP contribution >= 0.6 is 0 Å². The molecule has 19 heavy (non-hydrogen) atoms. The Hall–Kier alpha value is -2.37. The predicted octanol–water partition coefficient (Wildman–Crippen LogP) is 0.794. The van der Waals surface area contributed by atoms with Gasteiger partial charge in [-0.05, 0) is 18.2 Å². The molecule has 98 valence electrons. The number of anilines is 1. The topological polar surface area (TPSA) is 83.9 Å². The van der Waals surface area contributed by atoms with Gasteiger partial charge in [0.15, 0.2) is 0 Å². The Kier molecular flexibility index (Phi) is 2.51. The molecular formula is C13H11NO5. The Morgan fingerprint density at radius 1 is 1.37 bits per heavy atom. The van der Waals surface area contributed by atoms with Crippen LogP contribution in [0.1, 0.15) is 22.3 Å². The molecule has 2 aliphatic heterocycles. The van der Waals surface area contributed by atoms with Gasteiger partial charge < -0.3 is 14.7 Å². The van der Waals surface area contributed by atoms with Crippen LogP contribution in [0.5, 0.6) is 0 Å². The molecule has 6 nitrogen and oxygen atoms in total. The summed E-state index contributed by atoms with van der Waals surface area (Å²) in [5.41, 5.74) is 1.85. The Bertz CT molecular complexity index is 595. The highest BCUT2D eigenvalue weighted by atomic mass is 16.5. The molecule has 1 N–H and O–H groups in total. The van der Waals surface area contributed by atoms with Crippen LogP contribution in [0, 0.1) is 5.92 Å². The van der Waals surface area contributed by atoms with Crippen LogP contribution in [0.3, 0.4) is 0 Å². The van der Waals surface area contributed by atoms with Crippen molar-refractivity contribution in [3.8, 4) is 0 Å². The molecule has 0 radical (unpaired) electrons. The lowest BCUT2D eigenvalue weighted by Crippen LogP contribution is -2.25. The third-order valence-corrected chi connectivity index (χ3v) is 3.45. The Labute approximate surface area is 108 Å². The van der Waals surface area contributed by atoms with Crippen molar-refractivity contribution in [2.45, 2.75) is 13.0 Å². The normalized spacial score (nSPS) is 21.5. The number of carboxylic acid groups (broad SMARTS) is 1. The van der Waals surface area contributed by atoms with E-state index in [0.29, 0.717) is 11.3 Å². The van der Waals surface area contributed by atoms with Crippen molar-refractivity contribution in [3.05, 3.63) is 29.3 Å². The van der Waals surface area contributed by atoms with Gasteiger partial charge in [0.2, 0.25) is 5.91 Å². The van der Waals surface area contributed by atoms with Gasteiger partial charge in [-0.3, -0.25) is 9.59 Å². The molecule has 2 aliphatic rings. The first-order valence-corrected chi connectivity index (χ1v) is 5.89. The second kappa shape index (κ2) is 4.08. The van der Waals surface area contributed by atoms with E-state index in [1.54, 1.807) is 18.2 Å². The van der Waals surface area contributed by atoms with Gasteiger partial charge >= 0.3 is 11.9 Å². The number of carbonyl (C=O) groups excluding carboxylic acids is 2. The third-order valence-electron chi connectivity index (χ3n) is 3.45. The summed E-state index contributed by atoms with van der Waals surface area (Å²) in [5.74, 6) is -2.20. The van der Waals surface area contributed by atoms with Gasteiger partial charge in [-0.1, -0.05) is 0 Å². The van der Waals surface area contributed by atoms with Gasteiger partial charge in [0, 0.05) is 24.2 Å². The molecule has 3 rings (SSSR count). The molecule has 1 aromatic rings. The first-order chi connectivity index (χ1) is 9.06. The lowest BCUT2D eigenvalue weighted by molar-refractivity contribution is -0.141. The van der Waals surface area contributed by atoms with Gasteiger partial charge in [0.05, 0.1) is 11.5 Å². The zero-order chi connectivity index (χ0) is 13.6. The second-order valence-electron chi connectivity index (χ2n) is 4.66. The highest BCUT2D eigenvalue weighted by Gasteiger charge is 2.35. The molecule has 1 fully saturated rings. The van der Waals surface area contributed by atoms with Crippen LogP contribution in [-0.4, -0.2) is 29.5 Å². The van der Waals surface area contributed by atoms with Crippen molar-refractivity contribution in [1.29, 1.82) is 0 Å². The summed E-state index contributed by atoms with van der Waals surface area (Å²) >= 11 is 0. The number of nitrogens with zero attached hydrogens (tertiary/aromatic N) is 1. The van der Waals surface area contributed by atoms with Crippen LogP contribution in [0.4, 0.5) is 5.69 Å². The van der Waals surface area contributed by atoms with Crippen molar-refractivity contribution in [3.63, 3.8) is 0 Å². The minimum Gasteiger partial charge on any atom is -0.481 e. The number of rotatable bonds is 2. The minimum atomic E-state index is -0.962. The number of hydrogen-bond donors (Lipinski definition) is 1. The van der Waals surface area contributed by atoms with Crippen LogP contribution in [0.15, 0.2) is 18.2 Å². The molecule has 0 unspecified atom stereocenters. The summed E-state index contributed by atoms with van der Waals surface area (Å²) in [6.07, 6.45) is 0.0157. The lowest BCUT2D eigenvalue weighted by Gasteiger charge is -2.16. The molecular weight excluding hydrogens is 250 g/mol. The standard InChI is InChI=1S/C13H11NO5/c15-11-4-7(12(16)17)5-14(11)9-1-2-10-8(3-9)6-19-13(10)18/h1-3,7H,4-6H2,(H,16,17)/t7-/m0/s1. The Morgan fingerprint density at radius 3 is 2.84 bits per heavy atom. The van der Waals surface area contributed by atoms with E-state index in [1.165, 1.54) is 4.90 Å². The van der Waals surface area contributed by atoms with Gasteiger partial charge in [-0.15, -0.1) is 0 Å². The summed E-state index contributed by atoms with van der Waals surface area (Å²) in [4.78, 5) is 35.5. The van der Waals surface area contributed by atoms with E-state index in [1.807, 2.05) is 0 Å². The number of aliphatic carboxylic acids is 1. The van der Waals surface area contributed by atoms with Crippen molar-refractivity contribution in [1.82, 2.24) is 0 Å². The first-order valence-electron chi connectivity index (χ1n) is 5.89. The molecule has 0 aliphatic carbocycles. The number of esters is 1. The molecule has 1 amide bonds. The van der Waals surface area contributed by atoms with E-state index in [0.717, 1.165) is 5.56 Å². The number of ether oxygens (including phenoxy) is 1. The van der Waals surface area contributed by atoms with Crippen molar-refractivity contribution in [2.24, 2.45) is 5.92 Å². The zero-order valence-corrected chi connectivity index (χ0v) is 9.96. The molecule has 0 spiro atoms. The predicted molar refractivity (Wildman–Crippen MR) is 63.7 cm³/mol. The molecule has 2 heterocycles. The summed E-state index contributed by atoms with van der Waals surface area (Å²) < 4.78 is 4.89. The zero-order valence-electron chi connectivity index (χ0n) is 9.96. The maximum absolute atomic E-state index is 11.8. The van der Waals surface area contributed by atoms with E-state index in [9.17, 15) is 14.4 Å². The first kappa shape index (κ1) is 11.7. The quantitative estimate of drug-likeness (QED) is 0.796. The number of carboxylic acids is 1. The molecule has 6 heteroatoms. The molecule has 1 aromatic carbocycles. The molecule has 0 bridgehead atoms. The third kappa shape index (κ3) is 1.85. The van der Waals surface area contributed by atoms with Crippen molar-refractivity contribution < 1.29 is 24.2 Å². The number of amides is 1. The fourth-order valence-electron chi connectivity index (χ4n) is 2.41. The summed E-state index contributed by atoms with van der Waals surface area (Å²) in [5, 5.41) is 8.94. The monoisotopic (exact) mass is 261 g/mol. The minimum absolute atomic E-state index is 0.0157. The smallest absolute Gasteiger partial charge is 0.338 e. The number of hydrogen-bond acceptors (Lipinski definition) is 4. The number of carbonyl (C=O) groups is 3. The number of benzene rings is 1. The van der Waals surface area contributed by atoms with Gasteiger partial charge in [0.1, 0.15) is 6.61 Å². The van der Waals surface area contributed by atoms with E-state index >= 15 is 0 Å². The molecule has 0 saturated carbocycles. The molecule has 0 aromatic heterocycles. The largest absolute Gasteiger partial charge is 0.481 e. The lowest BCUT2D eigenvalue weighted by atomic mass is 10.1. The highest BCUT2D eigenvalue weighted by molar-refractivity contribution is 6.00. The van der Waals surface area contributed by atoms with Gasteiger partial charge in [0.25, 0.3) is 0 Å². The van der Waals surface area contributed by atoms with Gasteiger partial charge in [-0.2, -0.15) is 0 Å². The van der Waals surface area contributed by atoms with E-state index in [4.69, 9.17) is 9.84 Å². The maximum Gasteiger partial charge on any atom is 0.338 e. The van der Waals surface area contributed by atoms with Crippen LogP contribution in [0.2, 0.25) is 0 Å². The fourth-order valence-corrected chi connectivity index (χ4v) is 2.41. The van der Waals surface area contributed by atoms with Crippen LogP contribution < -0.4 is 4.90 Å². The maximum atomic E-state index is 11.8. The fraction of sp³-hybridized carbons (Fsp3) is 0.308. The number of cyclic esters (lactones) is 1. The van der Waals surface area contributed by atoms with E-state index < -0.39 is 11.9 Å². The average molecular weight is 261 g/mol. The van der Waals surface area contributed by atoms with Gasteiger partial charge in [-0.25, -0.2) is 4.79 Å². The SMILES string of the molecule is O=C1OCc2cc(N3C[C@@H](C(=O)O)CC3=O)ccc21. The van der Waals surface area contributed by atoms with E-state index in [-0.39, 0.29) is 31.4 Å². The summed E-state index contributed by atoms with van der Waals surface area (Å²) in [7, 11) is 0. The van der Waals surface area contributed by atoms with Crippen molar-refractivity contribution >= 4 is 23.5 Å². The second-order valence-corrected chi connectivity index (χ2v) is 4.66. The Morgan fingerprint density at radius 2 is 2.16 bits per heavy atom. The summed E-state index contributed by atoms with van der Waals surface area (Å²) in [6.45, 7) is 0.369. The van der Waals surface area contributed by atoms with E-state index in [2.05, 4.69) is 0 Å². The van der Waals surface area contributed by atoms with Crippen molar-refractivity contribution in [2.75, 3.05) is 11.4 Å². The average Bonchev–Trinajstić information content (AvgIpc) is 2.93. The highest BCUT2D eigenvalue weighted by Crippen LogP contribution is 2.29. The molecule has 1 atom stereocenters. The Balaban J connectivity index is 1.90. The summed E-state index contributed by atoms with van der Waals surface area (Å²) in [6, 6.07) is 4.97. The number of fused-ring (bicyclic) bond motifs is 1.